The molecule has 0 amide bonds. The highest BCUT2D eigenvalue weighted by Crippen LogP contribution is 2.34. The summed E-state index contributed by atoms with van der Waals surface area (Å²) in [6.45, 7) is 0.818. The molecule has 0 aromatic heterocycles. The van der Waals surface area contributed by atoms with Crippen molar-refractivity contribution in [3.8, 4) is 11.5 Å². The van der Waals surface area contributed by atoms with Crippen molar-refractivity contribution in [3.05, 3.63) is 23.5 Å². The van der Waals surface area contributed by atoms with Crippen LogP contribution in [0, 0.1) is 5.82 Å². The van der Waals surface area contributed by atoms with Gasteiger partial charge < -0.3 is 9.47 Å². The molecular formula is C9H10FNO3. The fraction of sp³-hybridized carbons (Fsp3) is 0.333. The Morgan fingerprint density at radius 3 is 2.93 bits per heavy atom. The van der Waals surface area contributed by atoms with Gasteiger partial charge in [0.2, 0.25) is 0 Å². The second-order valence-electron chi connectivity index (χ2n) is 2.87. The van der Waals surface area contributed by atoms with Gasteiger partial charge in [-0.25, -0.2) is 10.3 Å². The molecule has 1 aromatic carbocycles. The van der Waals surface area contributed by atoms with Gasteiger partial charge in [-0.15, -0.1) is 0 Å². The largest absolute Gasteiger partial charge is 0.486 e. The van der Waals surface area contributed by atoms with E-state index in [1.165, 1.54) is 0 Å². The van der Waals surface area contributed by atoms with Crippen LogP contribution in [0.15, 0.2) is 12.1 Å². The van der Waals surface area contributed by atoms with E-state index in [9.17, 15) is 4.39 Å². The summed E-state index contributed by atoms with van der Waals surface area (Å²) in [5, 5.41) is 0. The van der Waals surface area contributed by atoms with Crippen LogP contribution >= 0.6 is 0 Å². The normalized spacial score (nSPS) is 14.1. The molecule has 2 N–H and O–H groups in total. The van der Waals surface area contributed by atoms with E-state index in [0.717, 1.165) is 0 Å². The van der Waals surface area contributed by atoms with Crippen LogP contribution in [0.4, 0.5) is 4.39 Å². The predicted octanol–water partition coefficient (Wildman–Crippen LogP) is 0.987. The molecule has 5 heteroatoms. The number of fused-ring (bicyclic) bond motifs is 1. The van der Waals surface area contributed by atoms with E-state index in [1.54, 1.807) is 12.1 Å². The van der Waals surface area contributed by atoms with Crippen LogP contribution in [0.25, 0.3) is 0 Å². The van der Waals surface area contributed by atoms with Gasteiger partial charge in [-0.1, -0.05) is 0 Å². The fourth-order valence-electron chi connectivity index (χ4n) is 1.32. The molecule has 0 bridgehead atoms. The van der Waals surface area contributed by atoms with Crippen LogP contribution in [0.2, 0.25) is 0 Å². The molecular weight excluding hydrogens is 189 g/mol. The van der Waals surface area contributed by atoms with Gasteiger partial charge in [0.05, 0.1) is 6.61 Å². The standard InChI is InChI=1S/C9H10FNO3/c10-8-6(5-14-11)1-2-7-9(8)13-4-3-12-7/h1-2H,3-5,11H2. The van der Waals surface area contributed by atoms with E-state index in [1.807, 2.05) is 0 Å². The monoisotopic (exact) mass is 199 g/mol. The quantitative estimate of drug-likeness (QED) is 0.721. The highest BCUT2D eigenvalue weighted by Gasteiger charge is 2.19. The lowest BCUT2D eigenvalue weighted by atomic mass is 10.2. The summed E-state index contributed by atoms with van der Waals surface area (Å²) >= 11 is 0. The molecule has 1 aliphatic rings. The smallest absolute Gasteiger partial charge is 0.197 e. The first-order valence-electron chi connectivity index (χ1n) is 4.21. The maximum Gasteiger partial charge on any atom is 0.197 e. The third kappa shape index (κ3) is 1.51. The molecule has 0 aliphatic carbocycles. The molecule has 0 radical (unpaired) electrons. The zero-order valence-electron chi connectivity index (χ0n) is 7.46. The number of hydrogen-bond acceptors (Lipinski definition) is 4. The van der Waals surface area contributed by atoms with Crippen LogP contribution in [0.1, 0.15) is 5.56 Å². The summed E-state index contributed by atoms with van der Waals surface area (Å²) in [6.07, 6.45) is 0. The Morgan fingerprint density at radius 1 is 1.36 bits per heavy atom. The lowest BCUT2D eigenvalue weighted by Crippen LogP contribution is -2.17. The zero-order chi connectivity index (χ0) is 9.97. The lowest BCUT2D eigenvalue weighted by molar-refractivity contribution is 0.119. The Bertz CT molecular complexity index is 343. The highest BCUT2D eigenvalue weighted by molar-refractivity contribution is 5.45. The van der Waals surface area contributed by atoms with Crippen LogP contribution in [0.3, 0.4) is 0 Å². The maximum atomic E-state index is 13.6. The summed E-state index contributed by atoms with van der Waals surface area (Å²) in [4.78, 5) is 4.36. The van der Waals surface area contributed by atoms with Crippen molar-refractivity contribution in [2.75, 3.05) is 13.2 Å². The number of halogens is 1. The minimum atomic E-state index is -0.465. The molecule has 0 spiro atoms. The zero-order valence-corrected chi connectivity index (χ0v) is 7.46. The van der Waals surface area contributed by atoms with Gasteiger partial charge in [-0.2, -0.15) is 0 Å². The van der Waals surface area contributed by atoms with Gasteiger partial charge in [-0.05, 0) is 12.1 Å². The molecule has 1 heterocycles. The summed E-state index contributed by atoms with van der Waals surface area (Å²) in [5.41, 5.74) is 0.358. The van der Waals surface area contributed by atoms with E-state index in [2.05, 4.69) is 4.84 Å². The van der Waals surface area contributed by atoms with Gasteiger partial charge >= 0.3 is 0 Å². The van der Waals surface area contributed by atoms with Crippen molar-refractivity contribution >= 4 is 0 Å². The molecule has 1 aliphatic heterocycles. The third-order valence-electron chi connectivity index (χ3n) is 1.97. The Morgan fingerprint density at radius 2 is 2.14 bits per heavy atom. The average Bonchev–Trinajstić information content (AvgIpc) is 2.23. The van der Waals surface area contributed by atoms with Gasteiger partial charge in [0, 0.05) is 5.56 Å². The minimum Gasteiger partial charge on any atom is -0.486 e. The van der Waals surface area contributed by atoms with Gasteiger partial charge in [-0.3, -0.25) is 4.84 Å². The second kappa shape index (κ2) is 3.81. The predicted molar refractivity (Wildman–Crippen MR) is 46.4 cm³/mol. The van der Waals surface area contributed by atoms with E-state index in [0.29, 0.717) is 24.5 Å². The number of nitrogens with two attached hydrogens (primary N) is 1. The van der Waals surface area contributed by atoms with Crippen LogP contribution in [-0.2, 0) is 11.4 Å². The van der Waals surface area contributed by atoms with E-state index in [-0.39, 0.29) is 12.4 Å². The third-order valence-corrected chi connectivity index (χ3v) is 1.97. The molecule has 0 saturated heterocycles. The summed E-state index contributed by atoms with van der Waals surface area (Å²) in [7, 11) is 0. The maximum absolute atomic E-state index is 13.6. The number of hydrogen-bond donors (Lipinski definition) is 1. The molecule has 0 unspecified atom stereocenters. The number of ether oxygens (including phenoxy) is 2. The Kier molecular flexibility index (Phi) is 2.51. The highest BCUT2D eigenvalue weighted by atomic mass is 19.1. The van der Waals surface area contributed by atoms with Gasteiger partial charge in [0.25, 0.3) is 0 Å². The SMILES string of the molecule is NOCc1ccc2c(c1F)OCCO2. The van der Waals surface area contributed by atoms with Crippen molar-refractivity contribution in [3.63, 3.8) is 0 Å². The van der Waals surface area contributed by atoms with Crippen molar-refractivity contribution in [1.29, 1.82) is 0 Å². The van der Waals surface area contributed by atoms with Gasteiger partial charge in [0.1, 0.15) is 13.2 Å². The number of rotatable bonds is 2. The fourth-order valence-corrected chi connectivity index (χ4v) is 1.32. The molecule has 0 saturated carbocycles. The Labute approximate surface area is 80.3 Å². The molecule has 76 valence electrons. The van der Waals surface area contributed by atoms with Crippen LogP contribution in [0.5, 0.6) is 11.5 Å². The van der Waals surface area contributed by atoms with Crippen LogP contribution in [-0.4, -0.2) is 13.2 Å². The van der Waals surface area contributed by atoms with Crippen molar-refractivity contribution < 1.29 is 18.7 Å². The Balaban J connectivity index is 2.38. The first-order chi connectivity index (χ1) is 6.83. The first-order valence-corrected chi connectivity index (χ1v) is 4.21. The van der Waals surface area contributed by atoms with E-state index in [4.69, 9.17) is 15.4 Å². The summed E-state index contributed by atoms with van der Waals surface area (Å²) < 4.78 is 23.9. The molecule has 0 atom stereocenters. The minimum absolute atomic E-state index is 0.0163. The number of benzene rings is 1. The van der Waals surface area contributed by atoms with Crippen molar-refractivity contribution in [1.82, 2.24) is 0 Å². The molecule has 1 aromatic rings. The van der Waals surface area contributed by atoms with Crippen molar-refractivity contribution in [2.24, 2.45) is 5.90 Å². The average molecular weight is 199 g/mol. The van der Waals surface area contributed by atoms with E-state index >= 15 is 0 Å². The van der Waals surface area contributed by atoms with Crippen LogP contribution < -0.4 is 15.4 Å². The molecule has 14 heavy (non-hydrogen) atoms. The van der Waals surface area contributed by atoms with Gasteiger partial charge in [0.15, 0.2) is 17.3 Å². The molecule has 0 fully saturated rings. The Hall–Kier alpha value is -1.33. The topological polar surface area (TPSA) is 53.7 Å². The molecule has 2 rings (SSSR count). The lowest BCUT2D eigenvalue weighted by Gasteiger charge is -2.19. The second-order valence-corrected chi connectivity index (χ2v) is 2.87. The van der Waals surface area contributed by atoms with Crippen molar-refractivity contribution in [2.45, 2.75) is 6.61 Å². The summed E-state index contributed by atoms with van der Waals surface area (Å²) in [5.74, 6) is 4.97. The van der Waals surface area contributed by atoms with E-state index < -0.39 is 5.82 Å². The molecule has 4 nitrogen and oxygen atoms in total. The summed E-state index contributed by atoms with van der Waals surface area (Å²) in [6, 6.07) is 3.21. The first kappa shape index (κ1) is 9.23.